The largest absolute Gasteiger partial charge is 1.00 e. The van der Waals surface area contributed by atoms with Crippen LogP contribution in [0.2, 0.25) is 0 Å². The molecular formula is C8H14BrNO2S. The van der Waals surface area contributed by atoms with E-state index in [0.717, 1.165) is 12.1 Å². The van der Waals surface area contributed by atoms with Crippen LogP contribution in [0.1, 0.15) is 10.6 Å². The zero-order valence-electron chi connectivity index (χ0n) is 7.53. The van der Waals surface area contributed by atoms with Crippen molar-refractivity contribution in [3.63, 3.8) is 0 Å². The van der Waals surface area contributed by atoms with Gasteiger partial charge >= 0.3 is 0 Å². The third-order valence-corrected chi connectivity index (χ3v) is 2.98. The van der Waals surface area contributed by atoms with Crippen LogP contribution in [0.4, 0.5) is 0 Å². The van der Waals surface area contributed by atoms with Gasteiger partial charge in [0.15, 0.2) is 12.2 Å². The van der Waals surface area contributed by atoms with Gasteiger partial charge in [0.05, 0.1) is 4.88 Å². The highest BCUT2D eigenvalue weighted by Crippen LogP contribution is 2.10. The Morgan fingerprint density at radius 3 is 2.62 bits per heavy atom. The Morgan fingerprint density at radius 2 is 2.08 bits per heavy atom. The minimum atomic E-state index is 0. The molecule has 0 saturated heterocycles. The van der Waals surface area contributed by atoms with Crippen molar-refractivity contribution in [2.45, 2.75) is 19.9 Å². The quantitative estimate of drug-likeness (QED) is 0.567. The molecule has 5 heteroatoms. The minimum absolute atomic E-state index is 0. The Kier molecular flexibility index (Phi) is 6.49. The number of aliphatic hydroxyl groups is 2. The maximum absolute atomic E-state index is 8.73. The third-order valence-electron chi connectivity index (χ3n) is 1.84. The summed E-state index contributed by atoms with van der Waals surface area (Å²) in [6.07, 6.45) is 0.717. The standard InChI is InChI=1S/C8H14NO2S.BrH/c1-7-8(2-4-10)12-6-9(7)3-5-11;/h6,10-11H,2-5H2,1H3;1H/q+1;/p-1. The monoisotopic (exact) mass is 267 g/mol. The highest BCUT2D eigenvalue weighted by Gasteiger charge is 2.13. The average Bonchev–Trinajstić information content (AvgIpc) is 2.38. The Hall–Kier alpha value is 0.0300. The van der Waals surface area contributed by atoms with Crippen molar-refractivity contribution >= 4 is 11.3 Å². The van der Waals surface area contributed by atoms with Crippen molar-refractivity contribution in [3.8, 4) is 0 Å². The predicted molar refractivity (Wildman–Crippen MR) is 47.1 cm³/mol. The summed E-state index contributed by atoms with van der Waals surface area (Å²) in [6.45, 7) is 3.02. The summed E-state index contributed by atoms with van der Waals surface area (Å²) in [5.74, 6) is 0. The van der Waals surface area contributed by atoms with E-state index < -0.39 is 0 Å². The van der Waals surface area contributed by atoms with E-state index in [1.54, 1.807) is 11.3 Å². The van der Waals surface area contributed by atoms with Crippen molar-refractivity contribution < 1.29 is 31.8 Å². The number of halogens is 1. The van der Waals surface area contributed by atoms with Gasteiger partial charge in [-0.2, -0.15) is 4.57 Å². The molecule has 1 aromatic rings. The van der Waals surface area contributed by atoms with Crippen molar-refractivity contribution in [3.05, 3.63) is 16.1 Å². The first-order chi connectivity index (χ1) is 5.79. The van der Waals surface area contributed by atoms with Gasteiger partial charge in [-0.3, -0.25) is 0 Å². The first-order valence-electron chi connectivity index (χ1n) is 3.97. The van der Waals surface area contributed by atoms with E-state index in [0.29, 0.717) is 6.54 Å². The van der Waals surface area contributed by atoms with Crippen LogP contribution in [-0.4, -0.2) is 23.4 Å². The molecule has 0 radical (unpaired) electrons. The van der Waals surface area contributed by atoms with Crippen LogP contribution in [0.25, 0.3) is 0 Å². The number of rotatable bonds is 4. The first kappa shape index (κ1) is 13.0. The highest BCUT2D eigenvalue weighted by molar-refractivity contribution is 7.09. The van der Waals surface area contributed by atoms with Gasteiger partial charge in [-0.05, 0) is 0 Å². The normalized spacial score (nSPS) is 9.77. The molecule has 0 saturated carbocycles. The number of nitrogens with zero attached hydrogens (tertiary/aromatic N) is 1. The molecular weight excluding hydrogens is 254 g/mol. The molecule has 0 spiro atoms. The van der Waals surface area contributed by atoms with E-state index in [1.807, 2.05) is 17.0 Å². The van der Waals surface area contributed by atoms with Crippen LogP contribution >= 0.6 is 11.3 Å². The molecule has 0 aromatic carbocycles. The van der Waals surface area contributed by atoms with Crippen molar-refractivity contribution in [1.29, 1.82) is 0 Å². The zero-order valence-corrected chi connectivity index (χ0v) is 9.94. The van der Waals surface area contributed by atoms with Crippen LogP contribution < -0.4 is 21.5 Å². The SMILES string of the molecule is Cc1c(CCO)sc[n+]1CCO.[Br-]. The van der Waals surface area contributed by atoms with E-state index in [2.05, 4.69) is 0 Å². The molecule has 3 nitrogen and oxygen atoms in total. The van der Waals surface area contributed by atoms with E-state index in [1.165, 1.54) is 4.88 Å². The molecule has 13 heavy (non-hydrogen) atoms. The Labute approximate surface area is 92.4 Å². The van der Waals surface area contributed by atoms with Gasteiger partial charge < -0.3 is 27.2 Å². The second kappa shape index (κ2) is 6.48. The molecule has 76 valence electrons. The van der Waals surface area contributed by atoms with Crippen molar-refractivity contribution in [2.24, 2.45) is 0 Å². The minimum Gasteiger partial charge on any atom is -1.00 e. The van der Waals surface area contributed by atoms with Crippen LogP contribution in [-0.2, 0) is 13.0 Å². The Morgan fingerprint density at radius 1 is 1.38 bits per heavy atom. The number of hydrogen-bond donors (Lipinski definition) is 2. The summed E-state index contributed by atoms with van der Waals surface area (Å²) >= 11 is 1.63. The summed E-state index contributed by atoms with van der Waals surface area (Å²) in [4.78, 5) is 1.20. The maximum Gasteiger partial charge on any atom is 0.225 e. The Balaban J connectivity index is 0.00000144. The van der Waals surface area contributed by atoms with E-state index in [-0.39, 0.29) is 30.2 Å². The van der Waals surface area contributed by atoms with Gasteiger partial charge in [-0.25, -0.2) is 0 Å². The summed E-state index contributed by atoms with van der Waals surface area (Å²) in [5.41, 5.74) is 3.14. The summed E-state index contributed by atoms with van der Waals surface area (Å²) in [6, 6.07) is 0. The number of aromatic nitrogens is 1. The van der Waals surface area contributed by atoms with Crippen LogP contribution in [0.3, 0.4) is 0 Å². The molecule has 0 fully saturated rings. The fourth-order valence-corrected chi connectivity index (χ4v) is 2.14. The lowest BCUT2D eigenvalue weighted by Crippen LogP contribution is -3.00. The van der Waals surface area contributed by atoms with Gasteiger partial charge in [-0.1, -0.05) is 11.3 Å². The molecule has 0 amide bonds. The molecule has 0 unspecified atom stereocenters. The second-order valence-electron chi connectivity index (χ2n) is 2.62. The van der Waals surface area contributed by atoms with Gasteiger partial charge in [0, 0.05) is 20.0 Å². The summed E-state index contributed by atoms with van der Waals surface area (Å²) < 4.78 is 2.01. The van der Waals surface area contributed by atoms with E-state index in [4.69, 9.17) is 10.2 Å². The van der Waals surface area contributed by atoms with Crippen LogP contribution in [0, 0.1) is 6.92 Å². The fourth-order valence-electron chi connectivity index (χ4n) is 1.12. The average molecular weight is 268 g/mol. The van der Waals surface area contributed by atoms with Gasteiger partial charge in [0.25, 0.3) is 0 Å². The van der Waals surface area contributed by atoms with Crippen LogP contribution in [0.5, 0.6) is 0 Å². The molecule has 0 bridgehead atoms. The fraction of sp³-hybridized carbons (Fsp3) is 0.625. The summed E-state index contributed by atoms with van der Waals surface area (Å²) in [5, 5.41) is 17.4. The molecule has 2 N–H and O–H groups in total. The number of aliphatic hydroxyl groups excluding tert-OH is 2. The van der Waals surface area contributed by atoms with Crippen LogP contribution in [0.15, 0.2) is 5.51 Å². The van der Waals surface area contributed by atoms with E-state index in [9.17, 15) is 0 Å². The Bertz CT molecular complexity index is 229. The third kappa shape index (κ3) is 3.34. The maximum atomic E-state index is 8.73. The van der Waals surface area contributed by atoms with Crippen molar-refractivity contribution in [2.75, 3.05) is 13.2 Å². The van der Waals surface area contributed by atoms with Gasteiger partial charge in [0.1, 0.15) is 6.61 Å². The molecule has 1 rings (SSSR count). The molecule has 0 aliphatic carbocycles. The van der Waals surface area contributed by atoms with E-state index >= 15 is 0 Å². The predicted octanol–water partition coefficient (Wildman–Crippen LogP) is -3.12. The number of hydrogen-bond acceptors (Lipinski definition) is 3. The molecule has 0 aliphatic rings. The topological polar surface area (TPSA) is 44.3 Å². The lowest BCUT2D eigenvalue weighted by Gasteiger charge is -1.92. The van der Waals surface area contributed by atoms with Gasteiger partial charge in [-0.15, -0.1) is 0 Å². The second-order valence-corrected chi connectivity index (χ2v) is 3.56. The smallest absolute Gasteiger partial charge is 0.225 e. The lowest BCUT2D eigenvalue weighted by atomic mass is 10.3. The zero-order chi connectivity index (χ0) is 8.97. The molecule has 0 atom stereocenters. The number of thiazole rings is 1. The molecule has 1 heterocycles. The van der Waals surface area contributed by atoms with Crippen molar-refractivity contribution in [1.82, 2.24) is 0 Å². The summed E-state index contributed by atoms with van der Waals surface area (Å²) in [7, 11) is 0. The highest BCUT2D eigenvalue weighted by atomic mass is 79.9. The van der Waals surface area contributed by atoms with Gasteiger partial charge in [0.2, 0.25) is 5.51 Å². The lowest BCUT2D eigenvalue weighted by molar-refractivity contribution is -0.699. The first-order valence-corrected chi connectivity index (χ1v) is 4.85. The molecule has 0 aliphatic heterocycles. The molecule has 1 aromatic heterocycles.